The molecule has 0 atom stereocenters. The second-order valence-electron chi connectivity index (χ2n) is 16.3. The summed E-state index contributed by atoms with van der Waals surface area (Å²) in [4.78, 5) is 4.12. The van der Waals surface area contributed by atoms with Crippen LogP contribution in [0.5, 0.6) is 0 Å². The Balaban J connectivity index is 0.000000389. The Morgan fingerprint density at radius 1 is 0.481 bits per heavy atom. The zero-order chi connectivity index (χ0) is 39.2. The number of rotatable bonds is 11. The second-order valence-corrected chi connectivity index (χ2v) is 16.3. The molecular weight excluding hydrogens is 690 g/mol. The average Bonchev–Trinajstić information content (AvgIpc) is 3.12. The molecule has 1 fully saturated rings. The van der Waals surface area contributed by atoms with E-state index in [1.54, 1.807) is 0 Å². The molecule has 0 spiro atoms. The maximum Gasteiger partial charge on any atom is 0 e. The fraction of sp³-hybridized carbons (Fsp3) is 0.469. The van der Waals surface area contributed by atoms with Crippen LogP contribution in [-0.4, -0.2) is 34.4 Å². The van der Waals surface area contributed by atoms with Crippen molar-refractivity contribution in [2.75, 3.05) is 38.0 Å². The smallest absolute Gasteiger partial charge is 0 e. The van der Waals surface area contributed by atoms with E-state index < -0.39 is 0 Å². The molecule has 4 aromatic rings. The van der Waals surface area contributed by atoms with Crippen molar-refractivity contribution in [1.29, 1.82) is 0 Å². The van der Waals surface area contributed by atoms with E-state index in [2.05, 4.69) is 128 Å². The van der Waals surface area contributed by atoms with Crippen LogP contribution in [0, 0.1) is 19.8 Å². The molecule has 1 saturated carbocycles. The Morgan fingerprint density at radius 3 is 1.06 bits per heavy atom. The normalized spacial score (nSPS) is 12.8. The number of nitrogens with zero attached hydrogens (tertiary/aromatic N) is 4. The topological polar surface area (TPSA) is 34.7 Å². The first-order valence-corrected chi connectivity index (χ1v) is 20.0. The molecule has 54 heavy (non-hydrogen) atoms. The van der Waals surface area contributed by atoms with Crippen molar-refractivity contribution in [3.05, 3.63) is 143 Å². The Bertz CT molecular complexity index is 1500. The Labute approximate surface area is 350 Å². The molecule has 4 nitrogen and oxygen atoms in total. The minimum absolute atomic E-state index is 0. The first-order valence-electron chi connectivity index (χ1n) is 20.0. The first kappa shape index (κ1) is 46.8. The van der Waals surface area contributed by atoms with E-state index in [9.17, 15) is 0 Å². The van der Waals surface area contributed by atoms with Crippen LogP contribution < -0.4 is 9.80 Å². The molecule has 1 aliphatic rings. The van der Waals surface area contributed by atoms with E-state index in [-0.39, 0.29) is 32.0 Å². The van der Waals surface area contributed by atoms with E-state index in [0.29, 0.717) is 29.6 Å². The van der Waals surface area contributed by atoms with Crippen molar-refractivity contribution in [2.45, 2.75) is 117 Å². The van der Waals surface area contributed by atoms with Gasteiger partial charge in [-0.25, -0.2) is 6.17 Å². The van der Waals surface area contributed by atoms with E-state index in [4.69, 9.17) is 10.6 Å². The van der Waals surface area contributed by atoms with Gasteiger partial charge in [-0.05, 0) is 51.9 Å². The van der Waals surface area contributed by atoms with E-state index >= 15 is 0 Å². The summed E-state index contributed by atoms with van der Waals surface area (Å²) in [6.07, 6.45) is 6.41. The van der Waals surface area contributed by atoms with Crippen LogP contribution in [0.3, 0.4) is 0 Å². The monoisotopic (exact) mass is 760 g/mol. The second kappa shape index (κ2) is 22.9. The minimum Gasteiger partial charge on any atom is -0.696 e. The Morgan fingerprint density at radius 2 is 0.796 bits per heavy atom. The quantitative estimate of drug-likeness (QED) is 0.143. The van der Waals surface area contributed by atoms with Crippen LogP contribution in [0.4, 0.5) is 22.7 Å². The molecule has 0 N–H and O–H groups in total. The van der Waals surface area contributed by atoms with Gasteiger partial charge in [0, 0.05) is 25.8 Å². The number of para-hydroxylation sites is 4. The van der Waals surface area contributed by atoms with Gasteiger partial charge in [0.2, 0.25) is 0 Å². The van der Waals surface area contributed by atoms with Crippen molar-refractivity contribution in [2.24, 2.45) is 5.92 Å². The van der Waals surface area contributed by atoms with Gasteiger partial charge in [0.15, 0.2) is 0 Å². The molecule has 1 aliphatic carbocycles. The van der Waals surface area contributed by atoms with Crippen molar-refractivity contribution < 1.29 is 25.8 Å². The number of hydrogen-bond acceptors (Lipinski definition) is 2. The summed E-state index contributed by atoms with van der Waals surface area (Å²) in [5.74, 6) is 2.32. The largest absolute Gasteiger partial charge is 0.696 e. The van der Waals surface area contributed by atoms with Crippen LogP contribution in [0.2, 0.25) is 0 Å². The third-order valence-electron chi connectivity index (χ3n) is 10.2. The van der Waals surface area contributed by atoms with E-state index in [0.717, 1.165) is 11.1 Å². The Hall–Kier alpha value is -3.31. The summed E-state index contributed by atoms with van der Waals surface area (Å²) in [7, 11) is 8.07. The molecule has 0 saturated heterocycles. The van der Waals surface area contributed by atoms with Crippen molar-refractivity contribution >= 4 is 22.7 Å². The fourth-order valence-corrected chi connectivity index (χ4v) is 7.15. The molecule has 0 aliphatic heterocycles. The minimum atomic E-state index is -0.0138. The maximum absolute atomic E-state index is 5.55. The molecule has 293 valence electrons. The molecule has 4 aromatic carbocycles. The van der Waals surface area contributed by atoms with Gasteiger partial charge < -0.3 is 20.4 Å². The number of benzene rings is 4. The van der Waals surface area contributed by atoms with Crippen LogP contribution in [-0.2, 0) is 25.8 Å². The average molecular weight is 760 g/mol. The van der Waals surface area contributed by atoms with Gasteiger partial charge >= 0.3 is 0 Å². The van der Waals surface area contributed by atoms with Gasteiger partial charge in [-0.2, -0.15) is 37.1 Å². The molecule has 0 unspecified atom stereocenters. The molecular formula is C49H70N4Sc-4. The molecule has 5 rings (SSSR count). The van der Waals surface area contributed by atoms with Gasteiger partial charge in [0.05, 0.1) is 0 Å². The predicted octanol–water partition coefficient (Wildman–Crippen LogP) is 14.7. The van der Waals surface area contributed by atoms with E-state index in [1.807, 2.05) is 64.6 Å². The molecule has 5 heteroatoms. The number of hydrogen-bond donors (Lipinski definition) is 0. The van der Waals surface area contributed by atoms with Crippen LogP contribution >= 0.6 is 0 Å². The third-order valence-corrected chi connectivity index (χ3v) is 10.2. The van der Waals surface area contributed by atoms with Crippen molar-refractivity contribution in [3.8, 4) is 0 Å². The van der Waals surface area contributed by atoms with Gasteiger partial charge in [-0.3, -0.25) is 0 Å². The third kappa shape index (κ3) is 13.5. The van der Waals surface area contributed by atoms with Gasteiger partial charge in [-0.1, -0.05) is 188 Å². The molecule has 0 amide bonds. The summed E-state index contributed by atoms with van der Waals surface area (Å²) >= 11 is 0. The van der Waals surface area contributed by atoms with Crippen molar-refractivity contribution in [1.82, 2.24) is 0 Å². The summed E-state index contributed by atoms with van der Waals surface area (Å²) in [5, 5.41) is 11.1. The predicted molar refractivity (Wildman–Crippen MR) is 236 cm³/mol. The SMILES string of the molecule is CC(C)c1cccc(C(C)C)c1[N-]C([N-]c1c(C(C)C)cccc1C(C)C)C1CCCCC1.[CH2-]c1ccccc1N(C)C.[CH2-]c1ccccc1N(C)C.[Sc]. The summed E-state index contributed by atoms with van der Waals surface area (Å²) < 4.78 is 0. The van der Waals surface area contributed by atoms with Crippen molar-refractivity contribution in [3.63, 3.8) is 0 Å². The summed E-state index contributed by atoms with van der Waals surface area (Å²) in [5.41, 5.74) is 12.4. The zero-order valence-corrected chi connectivity index (χ0v) is 37.7. The molecule has 0 heterocycles. The standard InChI is InChI=1S/C31H46N2.2C9H12N.Sc/c1-20(2)25-16-12-17-26(21(3)4)29(25)32-31(24-14-10-9-11-15-24)33-30-27(22(5)6)18-13-19-28(30)23(7)8;2*1-8-6-4-5-7-9(8)10(2)3;/h12-13,16-24,31H,9-11,14-15H2,1-8H3;2*4-7H,1H2,2-3H3;/q-2;2*-1;. The summed E-state index contributed by atoms with van der Waals surface area (Å²) in [6, 6.07) is 29.7. The van der Waals surface area contributed by atoms with Gasteiger partial charge in [0.1, 0.15) is 0 Å². The Kier molecular flexibility index (Phi) is 19.9. The maximum atomic E-state index is 5.55. The van der Waals surface area contributed by atoms with E-state index in [1.165, 1.54) is 77.1 Å². The van der Waals surface area contributed by atoms with Gasteiger partial charge in [0.25, 0.3) is 0 Å². The molecule has 0 aromatic heterocycles. The fourth-order valence-electron chi connectivity index (χ4n) is 7.15. The van der Waals surface area contributed by atoms with Gasteiger partial charge in [-0.15, -0.1) is 23.5 Å². The zero-order valence-electron chi connectivity index (χ0n) is 35.9. The van der Waals surface area contributed by atoms with Crippen LogP contribution in [0.1, 0.15) is 145 Å². The number of anilines is 2. The first-order chi connectivity index (χ1) is 25.1. The summed E-state index contributed by atoms with van der Waals surface area (Å²) in [6.45, 7) is 26.1. The molecule has 1 radical (unpaired) electrons. The molecule has 0 bridgehead atoms. The van der Waals surface area contributed by atoms with Crippen LogP contribution in [0.25, 0.3) is 10.6 Å². The van der Waals surface area contributed by atoms with Crippen LogP contribution in [0.15, 0.2) is 84.9 Å².